The lowest BCUT2D eigenvalue weighted by Crippen LogP contribution is -2.46. The van der Waals surface area contributed by atoms with Gasteiger partial charge in [-0.05, 0) is 40.2 Å². The third kappa shape index (κ3) is 3.80. The molecule has 0 atom stereocenters. The number of aromatic hydroxyl groups is 1. The fraction of sp³-hybridized carbons (Fsp3) is 0.294. The van der Waals surface area contributed by atoms with Crippen molar-refractivity contribution >= 4 is 38.1 Å². The topological polar surface area (TPSA) is 57.4 Å². The van der Waals surface area contributed by atoms with Crippen LogP contribution in [0.4, 0.5) is 10.8 Å². The molecule has 3 aromatic rings. The Hall–Kier alpha value is -2.06. The number of anilines is 2. The first-order chi connectivity index (χ1) is 12.2. The van der Waals surface area contributed by atoms with E-state index in [9.17, 15) is 5.11 Å². The van der Waals surface area contributed by atoms with Gasteiger partial charge in [-0.1, -0.05) is 11.3 Å². The standard InChI is InChI=1S/C17H18BrN5OS/c18-13-9-20-23(11-13)12-16-10-19-17(25-16)22-7-5-21(6-8-22)14-1-3-15(24)4-2-14/h1-4,9-11,24H,5-8,12H2. The first-order valence-corrected chi connectivity index (χ1v) is 9.70. The molecule has 3 heterocycles. The van der Waals surface area contributed by atoms with Crippen molar-refractivity contribution in [2.45, 2.75) is 6.54 Å². The van der Waals surface area contributed by atoms with Crippen molar-refractivity contribution < 1.29 is 5.11 Å². The van der Waals surface area contributed by atoms with Gasteiger partial charge >= 0.3 is 0 Å². The number of piperazine rings is 1. The molecule has 0 bridgehead atoms. The quantitative estimate of drug-likeness (QED) is 0.703. The number of hydrogen-bond donors (Lipinski definition) is 1. The van der Waals surface area contributed by atoms with E-state index in [0.717, 1.165) is 48.0 Å². The van der Waals surface area contributed by atoms with Crippen LogP contribution in [-0.4, -0.2) is 46.1 Å². The van der Waals surface area contributed by atoms with Crippen LogP contribution in [0.25, 0.3) is 0 Å². The van der Waals surface area contributed by atoms with Crippen LogP contribution >= 0.6 is 27.3 Å². The van der Waals surface area contributed by atoms with Crippen LogP contribution < -0.4 is 9.80 Å². The SMILES string of the molecule is Oc1ccc(N2CCN(c3ncc(Cn4cc(Br)cn4)s3)CC2)cc1. The molecule has 0 aliphatic carbocycles. The second-order valence-corrected chi connectivity index (χ2v) is 7.97. The zero-order valence-electron chi connectivity index (χ0n) is 13.5. The lowest BCUT2D eigenvalue weighted by atomic mass is 10.2. The Balaban J connectivity index is 1.37. The summed E-state index contributed by atoms with van der Waals surface area (Å²) in [4.78, 5) is 10.5. The predicted octanol–water partition coefficient (Wildman–Crippen LogP) is 3.18. The highest BCUT2D eigenvalue weighted by atomic mass is 79.9. The average Bonchev–Trinajstić information content (AvgIpc) is 3.25. The number of aromatic nitrogens is 3. The lowest BCUT2D eigenvalue weighted by Gasteiger charge is -2.36. The van der Waals surface area contributed by atoms with E-state index in [0.29, 0.717) is 5.75 Å². The van der Waals surface area contributed by atoms with Crippen molar-refractivity contribution in [2.24, 2.45) is 0 Å². The molecule has 0 radical (unpaired) electrons. The monoisotopic (exact) mass is 419 g/mol. The van der Waals surface area contributed by atoms with E-state index < -0.39 is 0 Å². The number of phenolic OH excluding ortho intramolecular Hbond substituents is 1. The lowest BCUT2D eigenvalue weighted by molar-refractivity contribution is 0.475. The van der Waals surface area contributed by atoms with Crippen LogP contribution in [0.15, 0.2) is 47.3 Å². The van der Waals surface area contributed by atoms with Crippen LogP contribution in [0.3, 0.4) is 0 Å². The fourth-order valence-electron chi connectivity index (χ4n) is 2.92. The van der Waals surface area contributed by atoms with Gasteiger partial charge in [0.25, 0.3) is 0 Å². The minimum atomic E-state index is 0.307. The Bertz CT molecular complexity index is 839. The number of thiazole rings is 1. The molecule has 1 aliphatic heterocycles. The van der Waals surface area contributed by atoms with Crippen molar-refractivity contribution in [3.63, 3.8) is 0 Å². The van der Waals surface area contributed by atoms with Gasteiger partial charge < -0.3 is 14.9 Å². The van der Waals surface area contributed by atoms with Crippen LogP contribution in [0.2, 0.25) is 0 Å². The van der Waals surface area contributed by atoms with E-state index in [1.165, 1.54) is 4.88 Å². The van der Waals surface area contributed by atoms with Gasteiger partial charge in [0.1, 0.15) is 5.75 Å². The predicted molar refractivity (Wildman–Crippen MR) is 104 cm³/mol. The minimum absolute atomic E-state index is 0.307. The van der Waals surface area contributed by atoms with Crippen LogP contribution in [0, 0.1) is 0 Å². The maximum Gasteiger partial charge on any atom is 0.185 e. The summed E-state index contributed by atoms with van der Waals surface area (Å²) in [5.41, 5.74) is 1.15. The molecule has 6 nitrogen and oxygen atoms in total. The summed E-state index contributed by atoms with van der Waals surface area (Å²) in [7, 11) is 0. The molecule has 130 valence electrons. The highest BCUT2D eigenvalue weighted by Gasteiger charge is 2.19. The number of phenols is 1. The number of halogens is 1. The fourth-order valence-corrected chi connectivity index (χ4v) is 4.20. The summed E-state index contributed by atoms with van der Waals surface area (Å²) < 4.78 is 2.90. The molecule has 25 heavy (non-hydrogen) atoms. The molecule has 0 saturated carbocycles. The average molecular weight is 420 g/mol. The van der Waals surface area contributed by atoms with E-state index >= 15 is 0 Å². The molecular formula is C17H18BrN5OS. The van der Waals surface area contributed by atoms with Gasteiger partial charge in [-0.3, -0.25) is 4.68 Å². The molecule has 8 heteroatoms. The Morgan fingerprint density at radius 2 is 1.76 bits per heavy atom. The smallest absolute Gasteiger partial charge is 0.185 e. The summed E-state index contributed by atoms with van der Waals surface area (Å²) in [6.07, 6.45) is 5.71. The van der Waals surface area contributed by atoms with Crippen molar-refractivity contribution in [2.75, 3.05) is 36.0 Å². The second-order valence-electron chi connectivity index (χ2n) is 5.96. The van der Waals surface area contributed by atoms with E-state index in [4.69, 9.17) is 0 Å². The highest BCUT2D eigenvalue weighted by Crippen LogP contribution is 2.26. The number of benzene rings is 1. The Kier molecular flexibility index (Phi) is 4.63. The number of nitrogens with zero attached hydrogens (tertiary/aromatic N) is 5. The van der Waals surface area contributed by atoms with Crippen LogP contribution in [0.5, 0.6) is 5.75 Å². The molecule has 0 amide bonds. The van der Waals surface area contributed by atoms with Crippen molar-refractivity contribution in [3.8, 4) is 5.75 Å². The molecule has 1 fully saturated rings. The van der Waals surface area contributed by atoms with E-state index in [1.807, 2.05) is 29.2 Å². The second kappa shape index (κ2) is 7.05. The maximum atomic E-state index is 9.41. The molecule has 2 aromatic heterocycles. The van der Waals surface area contributed by atoms with Gasteiger partial charge in [0.05, 0.1) is 17.2 Å². The van der Waals surface area contributed by atoms with Gasteiger partial charge in [0, 0.05) is 49.1 Å². The Labute approximate surface area is 158 Å². The molecule has 0 spiro atoms. The van der Waals surface area contributed by atoms with Gasteiger partial charge in [0.15, 0.2) is 5.13 Å². The Morgan fingerprint density at radius 1 is 1.04 bits per heavy atom. The van der Waals surface area contributed by atoms with E-state index in [2.05, 4.69) is 35.8 Å². The molecule has 4 rings (SSSR count). The highest BCUT2D eigenvalue weighted by molar-refractivity contribution is 9.10. The normalized spacial score (nSPS) is 14.9. The summed E-state index contributed by atoms with van der Waals surface area (Å²) in [6.45, 7) is 4.54. The Morgan fingerprint density at radius 3 is 2.44 bits per heavy atom. The molecule has 0 unspecified atom stereocenters. The zero-order valence-corrected chi connectivity index (χ0v) is 15.9. The number of rotatable bonds is 4. The summed E-state index contributed by atoms with van der Waals surface area (Å²) in [5.74, 6) is 0.307. The van der Waals surface area contributed by atoms with Crippen molar-refractivity contribution in [3.05, 3.63) is 52.2 Å². The number of hydrogen-bond acceptors (Lipinski definition) is 6. The first-order valence-electron chi connectivity index (χ1n) is 8.09. The summed E-state index contributed by atoms with van der Waals surface area (Å²) >= 11 is 5.15. The molecule has 1 saturated heterocycles. The third-order valence-corrected chi connectivity index (χ3v) is 5.68. The molecule has 1 N–H and O–H groups in total. The van der Waals surface area contributed by atoms with Gasteiger partial charge in [-0.25, -0.2) is 4.98 Å². The van der Waals surface area contributed by atoms with Crippen molar-refractivity contribution in [1.29, 1.82) is 0 Å². The molecule has 1 aromatic carbocycles. The van der Waals surface area contributed by atoms with Gasteiger partial charge in [-0.2, -0.15) is 5.10 Å². The largest absolute Gasteiger partial charge is 0.508 e. The first kappa shape index (κ1) is 16.4. The maximum absolute atomic E-state index is 9.41. The van der Waals surface area contributed by atoms with E-state index in [-0.39, 0.29) is 0 Å². The van der Waals surface area contributed by atoms with Crippen LogP contribution in [0.1, 0.15) is 4.88 Å². The summed E-state index contributed by atoms with van der Waals surface area (Å²) in [6, 6.07) is 7.41. The molecule has 1 aliphatic rings. The van der Waals surface area contributed by atoms with Crippen molar-refractivity contribution in [1.82, 2.24) is 14.8 Å². The molecular weight excluding hydrogens is 402 g/mol. The van der Waals surface area contributed by atoms with Crippen LogP contribution in [-0.2, 0) is 6.54 Å². The summed E-state index contributed by atoms with van der Waals surface area (Å²) in [5, 5.41) is 14.8. The zero-order chi connectivity index (χ0) is 17.2. The van der Waals surface area contributed by atoms with E-state index in [1.54, 1.807) is 29.7 Å². The third-order valence-electron chi connectivity index (χ3n) is 4.23. The van der Waals surface area contributed by atoms with Gasteiger partial charge in [0.2, 0.25) is 0 Å². The van der Waals surface area contributed by atoms with Gasteiger partial charge in [-0.15, -0.1) is 0 Å². The minimum Gasteiger partial charge on any atom is -0.508 e.